The Labute approximate surface area is 120 Å². The maximum Gasteiger partial charge on any atom is 0.224 e. The van der Waals surface area contributed by atoms with Gasteiger partial charge in [-0.05, 0) is 50.3 Å². The van der Waals surface area contributed by atoms with Crippen LogP contribution in [-0.2, 0) is 11.2 Å². The fraction of sp³-hybridized carbons (Fsp3) is 0.562. The van der Waals surface area contributed by atoms with Crippen molar-refractivity contribution in [1.29, 1.82) is 0 Å². The monoisotopic (exact) mass is 276 g/mol. The lowest BCUT2D eigenvalue weighted by Gasteiger charge is -2.19. The molecule has 4 nitrogen and oxygen atoms in total. The van der Waals surface area contributed by atoms with Crippen molar-refractivity contribution in [3.05, 3.63) is 29.8 Å². The normalized spacial score (nSPS) is 23.5. The number of amides is 1. The molecule has 0 bridgehead atoms. The lowest BCUT2D eigenvalue weighted by molar-refractivity contribution is -0.125. The van der Waals surface area contributed by atoms with Gasteiger partial charge in [0.15, 0.2) is 0 Å². The van der Waals surface area contributed by atoms with Gasteiger partial charge in [0.05, 0.1) is 5.92 Å². The lowest BCUT2D eigenvalue weighted by atomic mass is 10.0. The van der Waals surface area contributed by atoms with Gasteiger partial charge < -0.3 is 16.2 Å². The molecule has 1 aromatic carbocycles. The highest BCUT2D eigenvalue weighted by molar-refractivity contribution is 5.79. The SMILES string of the molecule is CC(CCc1ccc(O)cc1)NC(=O)C1CCCC1N. The Morgan fingerprint density at radius 1 is 1.40 bits per heavy atom. The van der Waals surface area contributed by atoms with E-state index in [1.54, 1.807) is 12.1 Å². The first-order valence-electron chi connectivity index (χ1n) is 7.40. The van der Waals surface area contributed by atoms with E-state index < -0.39 is 0 Å². The van der Waals surface area contributed by atoms with Gasteiger partial charge in [-0.1, -0.05) is 18.6 Å². The molecule has 0 aromatic heterocycles. The van der Waals surface area contributed by atoms with E-state index in [-0.39, 0.29) is 29.7 Å². The maximum absolute atomic E-state index is 12.1. The zero-order valence-electron chi connectivity index (χ0n) is 12.0. The molecule has 1 fully saturated rings. The fourth-order valence-electron chi connectivity index (χ4n) is 2.78. The summed E-state index contributed by atoms with van der Waals surface area (Å²) in [6, 6.07) is 7.38. The Kier molecular flexibility index (Phi) is 5.01. The van der Waals surface area contributed by atoms with Crippen LogP contribution in [-0.4, -0.2) is 23.1 Å². The molecular weight excluding hydrogens is 252 g/mol. The number of carbonyl (C=O) groups excluding carboxylic acids is 1. The molecule has 1 aliphatic carbocycles. The zero-order valence-corrected chi connectivity index (χ0v) is 12.0. The number of nitrogens with two attached hydrogens (primary N) is 1. The Bertz CT molecular complexity index is 444. The predicted molar refractivity (Wildman–Crippen MR) is 79.3 cm³/mol. The average Bonchev–Trinajstić information content (AvgIpc) is 2.84. The van der Waals surface area contributed by atoms with Crippen LogP contribution < -0.4 is 11.1 Å². The quantitative estimate of drug-likeness (QED) is 0.769. The van der Waals surface area contributed by atoms with Crippen molar-refractivity contribution in [2.24, 2.45) is 11.7 Å². The van der Waals surface area contributed by atoms with E-state index in [4.69, 9.17) is 5.73 Å². The van der Waals surface area contributed by atoms with E-state index in [1.807, 2.05) is 19.1 Å². The predicted octanol–water partition coefficient (Wildman–Crippen LogP) is 1.96. The first-order valence-corrected chi connectivity index (χ1v) is 7.40. The standard InChI is InChI=1S/C16H24N2O2/c1-11(5-6-12-7-9-13(19)10-8-12)18-16(20)14-3-2-4-15(14)17/h7-11,14-15,19H,2-6,17H2,1H3,(H,18,20). The third kappa shape index (κ3) is 3.97. The first-order chi connectivity index (χ1) is 9.56. The molecule has 0 saturated heterocycles. The molecule has 0 aliphatic heterocycles. The zero-order chi connectivity index (χ0) is 14.5. The lowest BCUT2D eigenvalue weighted by Crippen LogP contribution is -2.42. The Morgan fingerprint density at radius 2 is 2.10 bits per heavy atom. The first kappa shape index (κ1) is 14.9. The highest BCUT2D eigenvalue weighted by Crippen LogP contribution is 2.24. The Morgan fingerprint density at radius 3 is 2.70 bits per heavy atom. The fourth-order valence-corrected chi connectivity index (χ4v) is 2.78. The van der Waals surface area contributed by atoms with Gasteiger partial charge in [0.25, 0.3) is 0 Å². The highest BCUT2D eigenvalue weighted by atomic mass is 16.3. The minimum absolute atomic E-state index is 0.00822. The Balaban J connectivity index is 1.76. The summed E-state index contributed by atoms with van der Waals surface area (Å²) in [5, 5.41) is 12.3. The van der Waals surface area contributed by atoms with Gasteiger partial charge in [0.2, 0.25) is 5.91 Å². The summed E-state index contributed by atoms with van der Waals surface area (Å²) < 4.78 is 0. The largest absolute Gasteiger partial charge is 0.508 e. The number of benzene rings is 1. The van der Waals surface area contributed by atoms with Crippen LogP contribution >= 0.6 is 0 Å². The summed E-state index contributed by atoms with van der Waals surface area (Å²) >= 11 is 0. The molecule has 3 atom stereocenters. The molecular formula is C16H24N2O2. The van der Waals surface area contributed by atoms with Gasteiger partial charge in [0, 0.05) is 12.1 Å². The molecule has 3 unspecified atom stereocenters. The highest BCUT2D eigenvalue weighted by Gasteiger charge is 2.30. The molecule has 0 radical (unpaired) electrons. The van der Waals surface area contributed by atoms with E-state index >= 15 is 0 Å². The molecule has 0 spiro atoms. The molecule has 1 aromatic rings. The summed E-state index contributed by atoms with van der Waals surface area (Å²) in [6.45, 7) is 2.03. The number of hydrogen-bond acceptors (Lipinski definition) is 3. The summed E-state index contributed by atoms with van der Waals surface area (Å²) in [5.41, 5.74) is 7.12. The van der Waals surface area contributed by atoms with E-state index in [0.717, 1.165) is 32.1 Å². The van der Waals surface area contributed by atoms with E-state index in [9.17, 15) is 9.90 Å². The molecule has 110 valence electrons. The number of hydrogen-bond donors (Lipinski definition) is 3. The summed E-state index contributed by atoms with van der Waals surface area (Å²) in [6.07, 6.45) is 4.70. The summed E-state index contributed by atoms with van der Waals surface area (Å²) in [5.74, 6) is 0.379. The molecule has 4 N–H and O–H groups in total. The number of aryl methyl sites for hydroxylation is 1. The van der Waals surface area contributed by atoms with Crippen LogP contribution in [0.5, 0.6) is 5.75 Å². The number of aromatic hydroxyl groups is 1. The maximum atomic E-state index is 12.1. The van der Waals surface area contributed by atoms with E-state index in [0.29, 0.717) is 0 Å². The average molecular weight is 276 g/mol. The summed E-state index contributed by atoms with van der Waals surface area (Å²) in [4.78, 5) is 12.1. The van der Waals surface area contributed by atoms with Gasteiger partial charge in [0.1, 0.15) is 5.75 Å². The van der Waals surface area contributed by atoms with Crippen molar-refractivity contribution in [3.8, 4) is 5.75 Å². The molecule has 20 heavy (non-hydrogen) atoms. The van der Waals surface area contributed by atoms with Gasteiger partial charge in [-0.3, -0.25) is 4.79 Å². The minimum atomic E-state index is -0.00822. The number of nitrogens with one attached hydrogen (secondary N) is 1. The second-order valence-electron chi connectivity index (χ2n) is 5.82. The van der Waals surface area contributed by atoms with E-state index in [2.05, 4.69) is 5.32 Å². The van der Waals surface area contributed by atoms with Gasteiger partial charge in [-0.2, -0.15) is 0 Å². The van der Waals surface area contributed by atoms with Gasteiger partial charge in [-0.15, -0.1) is 0 Å². The summed E-state index contributed by atoms with van der Waals surface area (Å²) in [7, 11) is 0. The van der Waals surface area contributed by atoms with Crippen molar-refractivity contribution >= 4 is 5.91 Å². The molecule has 2 rings (SSSR count). The molecule has 0 heterocycles. The van der Waals surface area contributed by atoms with Crippen molar-refractivity contribution < 1.29 is 9.90 Å². The van der Waals surface area contributed by atoms with Crippen LogP contribution in [0.3, 0.4) is 0 Å². The van der Waals surface area contributed by atoms with E-state index in [1.165, 1.54) is 5.56 Å². The molecule has 1 aliphatic rings. The van der Waals surface area contributed by atoms with Crippen LogP contribution in [0.2, 0.25) is 0 Å². The van der Waals surface area contributed by atoms with Crippen LogP contribution in [0, 0.1) is 5.92 Å². The van der Waals surface area contributed by atoms with Crippen LogP contribution in [0.4, 0.5) is 0 Å². The number of carbonyl (C=O) groups is 1. The second kappa shape index (κ2) is 6.75. The van der Waals surface area contributed by atoms with Crippen LogP contribution in [0.1, 0.15) is 38.2 Å². The second-order valence-corrected chi connectivity index (χ2v) is 5.82. The Hall–Kier alpha value is -1.55. The third-order valence-corrected chi connectivity index (χ3v) is 4.10. The molecule has 1 saturated carbocycles. The topological polar surface area (TPSA) is 75.3 Å². The number of phenolic OH excluding ortho intramolecular Hbond substituents is 1. The van der Waals surface area contributed by atoms with Gasteiger partial charge in [-0.25, -0.2) is 0 Å². The molecule has 4 heteroatoms. The van der Waals surface area contributed by atoms with Crippen molar-refractivity contribution in [3.63, 3.8) is 0 Å². The van der Waals surface area contributed by atoms with Crippen molar-refractivity contribution in [2.75, 3.05) is 0 Å². The number of rotatable bonds is 5. The van der Waals surface area contributed by atoms with Crippen LogP contribution in [0.15, 0.2) is 24.3 Å². The molecule has 1 amide bonds. The third-order valence-electron chi connectivity index (χ3n) is 4.10. The number of phenols is 1. The van der Waals surface area contributed by atoms with Crippen molar-refractivity contribution in [1.82, 2.24) is 5.32 Å². The van der Waals surface area contributed by atoms with Gasteiger partial charge >= 0.3 is 0 Å². The smallest absolute Gasteiger partial charge is 0.224 e. The van der Waals surface area contributed by atoms with Crippen molar-refractivity contribution in [2.45, 2.75) is 51.1 Å². The minimum Gasteiger partial charge on any atom is -0.508 e. The van der Waals surface area contributed by atoms with Crippen LogP contribution in [0.25, 0.3) is 0 Å².